The van der Waals surface area contributed by atoms with E-state index in [9.17, 15) is 32.0 Å². The van der Waals surface area contributed by atoms with Crippen molar-refractivity contribution in [3.05, 3.63) is 30.0 Å². The smallest absolute Gasteiger partial charge is 0.243 e. The lowest BCUT2D eigenvalue weighted by molar-refractivity contribution is -0.145. The molecule has 2 amide bonds. The zero-order valence-electron chi connectivity index (χ0n) is 34.1. The first-order valence-corrected chi connectivity index (χ1v) is 21.9. The fourth-order valence-electron chi connectivity index (χ4n) is 9.31. The number of aryl methyl sites for hydroxylation is 1. The van der Waals surface area contributed by atoms with Crippen molar-refractivity contribution < 1.29 is 41.5 Å². The first kappa shape index (κ1) is 42.0. The molecule has 6 rings (SSSR count). The second-order valence-corrected chi connectivity index (χ2v) is 20.9. The summed E-state index contributed by atoms with van der Waals surface area (Å²) in [7, 11) is -2.73. The highest BCUT2D eigenvalue weighted by atomic mass is 32.2. The van der Waals surface area contributed by atoms with E-state index >= 15 is 0 Å². The van der Waals surface area contributed by atoms with Gasteiger partial charge in [0, 0.05) is 42.4 Å². The zero-order valence-corrected chi connectivity index (χ0v) is 34.9. The van der Waals surface area contributed by atoms with Crippen LogP contribution in [0.4, 0.5) is 4.39 Å². The number of sulfonamides is 1. The molecule has 0 radical (unpaired) electrons. The molecule has 2 saturated carbocycles. The number of Topliss-reactive ketones (excluding diaryl/α,β-unsaturated/α-hetero) is 2. The Morgan fingerprint density at radius 1 is 1.07 bits per heavy atom. The molecule has 0 bridgehead atoms. The number of rotatable bonds is 10. The second kappa shape index (κ2) is 16.0. The Balaban J connectivity index is 1.35. The highest BCUT2D eigenvalue weighted by Crippen LogP contribution is 2.59. The standard InChI is InChI=1S/C43H60FN3O8S/c1-26-10-8-9-11-29-20-43(29,40(51)46-56(52,53)42(25-44)14-15-42)22-36(49)35-19-31(55-38-32-13-12-27(2)17-34(32)37(54-7)23-45-38)24-47(35)39(50)33(28(3)16-26)18-30(48)21-41(4,5)6/h12-13,17,23,26,28-29,31,33,35H,8-11,14-16,18-22,24-25H2,1-7H3,(H,46,51)/t26-,28-,29-,31-,33+,35+,43-/m1/s1. The lowest BCUT2D eigenvalue weighted by Crippen LogP contribution is -2.48. The minimum atomic E-state index is -4.30. The molecule has 2 aliphatic heterocycles. The maximum atomic E-state index is 14.9. The van der Waals surface area contributed by atoms with Crippen molar-refractivity contribution in [3.8, 4) is 11.6 Å². The molecular weight excluding hydrogens is 738 g/mol. The van der Waals surface area contributed by atoms with E-state index in [1.165, 1.54) is 0 Å². The molecule has 7 atom stereocenters. The summed E-state index contributed by atoms with van der Waals surface area (Å²) in [5, 5.41) is 1.52. The van der Waals surface area contributed by atoms with Crippen LogP contribution in [0, 0.1) is 41.4 Å². The number of hydrogen-bond donors (Lipinski definition) is 1. The highest BCUT2D eigenvalue weighted by Gasteiger charge is 2.64. The summed E-state index contributed by atoms with van der Waals surface area (Å²) in [4.78, 5) is 63.3. The molecule has 1 aromatic heterocycles. The van der Waals surface area contributed by atoms with E-state index in [1.807, 2.05) is 52.8 Å². The van der Waals surface area contributed by atoms with Gasteiger partial charge in [-0.25, -0.2) is 17.8 Å². The summed E-state index contributed by atoms with van der Waals surface area (Å²) < 4.78 is 53.1. The third kappa shape index (κ3) is 8.77. The Hall–Kier alpha value is -3.61. The molecule has 2 aliphatic carbocycles. The van der Waals surface area contributed by atoms with Crippen molar-refractivity contribution in [2.75, 3.05) is 20.3 Å². The number of halogens is 1. The van der Waals surface area contributed by atoms with E-state index in [-0.39, 0.29) is 79.3 Å². The third-order valence-corrected chi connectivity index (χ3v) is 15.0. The molecule has 0 spiro atoms. The molecular formula is C43H60FN3O8S. The minimum absolute atomic E-state index is 0.00768. The van der Waals surface area contributed by atoms with Crippen LogP contribution in [-0.4, -0.2) is 78.9 Å². The van der Waals surface area contributed by atoms with E-state index in [4.69, 9.17) is 9.47 Å². The second-order valence-electron chi connectivity index (χ2n) is 18.8. The first-order valence-electron chi connectivity index (χ1n) is 20.4. The lowest BCUT2D eigenvalue weighted by Gasteiger charge is -2.32. The quantitative estimate of drug-likeness (QED) is 0.267. The summed E-state index contributed by atoms with van der Waals surface area (Å²) >= 11 is 0. The van der Waals surface area contributed by atoms with Crippen LogP contribution in [0.2, 0.25) is 0 Å². The number of fused-ring (bicyclic) bond motifs is 3. The number of nitrogens with zero attached hydrogens (tertiary/aromatic N) is 2. The molecule has 13 heteroatoms. The molecule has 2 aromatic rings. The summed E-state index contributed by atoms with van der Waals surface area (Å²) in [6.45, 7) is 11.1. The normalized spacial score (nSPS) is 29.8. The molecule has 56 heavy (non-hydrogen) atoms. The Labute approximate surface area is 331 Å². The van der Waals surface area contributed by atoms with Gasteiger partial charge in [-0.2, -0.15) is 0 Å². The van der Waals surface area contributed by atoms with Gasteiger partial charge in [0.25, 0.3) is 0 Å². The number of methoxy groups -OCH3 is 1. The van der Waals surface area contributed by atoms with Crippen LogP contribution in [0.1, 0.15) is 117 Å². The van der Waals surface area contributed by atoms with Crippen molar-refractivity contribution in [1.29, 1.82) is 0 Å². The molecule has 0 unspecified atom stereocenters. The van der Waals surface area contributed by atoms with Crippen molar-refractivity contribution in [3.63, 3.8) is 0 Å². The van der Waals surface area contributed by atoms with Crippen molar-refractivity contribution in [2.24, 2.45) is 34.5 Å². The fraction of sp³-hybridized carbons (Fsp3) is 0.698. The van der Waals surface area contributed by atoms with Crippen LogP contribution >= 0.6 is 0 Å². The van der Waals surface area contributed by atoms with E-state index in [0.717, 1.165) is 36.6 Å². The summed E-state index contributed by atoms with van der Waals surface area (Å²) in [5.41, 5.74) is -0.523. The average molecular weight is 798 g/mol. The molecule has 1 N–H and O–H groups in total. The van der Waals surface area contributed by atoms with Crippen LogP contribution in [-0.2, 0) is 29.2 Å². The van der Waals surface area contributed by atoms with Gasteiger partial charge in [0.05, 0.1) is 31.3 Å². The average Bonchev–Trinajstić information content (AvgIpc) is 4.02. The van der Waals surface area contributed by atoms with Crippen LogP contribution in [0.5, 0.6) is 11.6 Å². The largest absolute Gasteiger partial charge is 0.494 e. The number of ketones is 2. The van der Waals surface area contributed by atoms with Crippen LogP contribution in [0.25, 0.3) is 10.8 Å². The van der Waals surface area contributed by atoms with Gasteiger partial charge in [0.15, 0.2) is 5.78 Å². The van der Waals surface area contributed by atoms with Crippen molar-refractivity contribution in [1.82, 2.24) is 14.6 Å². The number of benzene rings is 1. The van der Waals surface area contributed by atoms with Gasteiger partial charge in [-0.1, -0.05) is 65.5 Å². The third-order valence-electron chi connectivity index (χ3n) is 12.9. The number of alkyl halides is 1. The molecule has 1 aromatic carbocycles. The van der Waals surface area contributed by atoms with E-state index in [0.29, 0.717) is 36.3 Å². The van der Waals surface area contributed by atoms with E-state index in [2.05, 4.69) is 16.6 Å². The Morgan fingerprint density at radius 3 is 2.45 bits per heavy atom. The lowest BCUT2D eigenvalue weighted by atomic mass is 9.79. The number of pyridine rings is 1. The van der Waals surface area contributed by atoms with E-state index in [1.54, 1.807) is 18.2 Å². The van der Waals surface area contributed by atoms with Crippen LogP contribution < -0.4 is 14.2 Å². The fourth-order valence-corrected chi connectivity index (χ4v) is 10.8. The Kier molecular flexibility index (Phi) is 12.0. The van der Waals surface area contributed by atoms with Crippen LogP contribution in [0.15, 0.2) is 24.4 Å². The number of nitrogens with one attached hydrogen (secondary N) is 1. The maximum absolute atomic E-state index is 14.9. The summed E-state index contributed by atoms with van der Waals surface area (Å²) in [6.07, 6.45) is 5.74. The topological polar surface area (TPSA) is 149 Å². The number of aromatic nitrogens is 1. The number of carbonyl (C=O) groups is 4. The molecule has 4 fully saturated rings. The van der Waals surface area contributed by atoms with Gasteiger partial charge in [-0.05, 0) is 74.3 Å². The number of hydrogen-bond acceptors (Lipinski definition) is 9. The van der Waals surface area contributed by atoms with E-state index < -0.39 is 50.8 Å². The molecule has 2 saturated heterocycles. The molecule has 4 aliphatic rings. The Morgan fingerprint density at radius 2 is 1.79 bits per heavy atom. The predicted octanol–water partition coefficient (Wildman–Crippen LogP) is 7.06. The molecule has 11 nitrogen and oxygen atoms in total. The summed E-state index contributed by atoms with van der Waals surface area (Å²) in [5.74, 6) is -1.27. The van der Waals surface area contributed by atoms with Gasteiger partial charge in [0.1, 0.15) is 29.1 Å². The SMILES string of the molecule is COc1cnc(O[C@@H]2C[C@H]3C(=O)C[C@]4(C(=O)NS(=O)(=O)C5(CF)CC5)C[C@H]4CCCC[C@@H](C)C[C@@H](C)[C@H](CC(=O)CC(C)(C)C)C(=O)N3C2)c2ccc(C)cc12. The Bertz CT molecular complexity index is 1960. The number of ether oxygens (including phenoxy) is 2. The zero-order chi connectivity index (χ0) is 40.8. The van der Waals surface area contributed by atoms with Gasteiger partial charge in [0.2, 0.25) is 27.7 Å². The van der Waals surface area contributed by atoms with Gasteiger partial charge >= 0.3 is 0 Å². The number of carbonyl (C=O) groups excluding carboxylic acids is 4. The maximum Gasteiger partial charge on any atom is 0.243 e. The first-order chi connectivity index (χ1) is 26.3. The molecule has 308 valence electrons. The van der Waals surface area contributed by atoms with Crippen LogP contribution in [0.3, 0.4) is 0 Å². The monoisotopic (exact) mass is 797 g/mol. The number of amides is 2. The van der Waals surface area contributed by atoms with Gasteiger partial charge in [-0.15, -0.1) is 0 Å². The minimum Gasteiger partial charge on any atom is -0.494 e. The van der Waals surface area contributed by atoms with Crippen molar-refractivity contribution in [2.45, 2.75) is 135 Å². The highest BCUT2D eigenvalue weighted by molar-refractivity contribution is 7.91. The summed E-state index contributed by atoms with van der Waals surface area (Å²) in [6, 6.07) is 4.85. The predicted molar refractivity (Wildman–Crippen MR) is 211 cm³/mol. The molecule has 3 heterocycles. The van der Waals surface area contributed by atoms with Crippen molar-refractivity contribution >= 4 is 44.2 Å². The van der Waals surface area contributed by atoms with Gasteiger partial charge < -0.3 is 14.4 Å². The van der Waals surface area contributed by atoms with Gasteiger partial charge in [-0.3, -0.25) is 23.9 Å².